The van der Waals surface area contributed by atoms with Crippen LogP contribution in [0.1, 0.15) is 37.7 Å². The summed E-state index contributed by atoms with van der Waals surface area (Å²) in [5.74, 6) is 1.61. The number of methoxy groups -OCH3 is 1. The summed E-state index contributed by atoms with van der Waals surface area (Å²) in [6.45, 7) is 0.916. The Kier molecular flexibility index (Phi) is 4.46. The van der Waals surface area contributed by atoms with Gasteiger partial charge in [0.15, 0.2) is 0 Å². The second-order valence-electron chi connectivity index (χ2n) is 4.86. The van der Waals surface area contributed by atoms with Gasteiger partial charge >= 0.3 is 0 Å². The fraction of sp³-hybridized carbons (Fsp3) is 0.533. The van der Waals surface area contributed by atoms with Gasteiger partial charge in [0.25, 0.3) is 0 Å². The van der Waals surface area contributed by atoms with Gasteiger partial charge in [-0.25, -0.2) is 0 Å². The van der Waals surface area contributed by atoms with Crippen LogP contribution in [0, 0.1) is 17.2 Å². The molecule has 18 heavy (non-hydrogen) atoms. The first-order chi connectivity index (χ1) is 8.85. The van der Waals surface area contributed by atoms with Crippen LogP contribution in [0.15, 0.2) is 18.2 Å². The van der Waals surface area contributed by atoms with E-state index < -0.39 is 0 Å². The maximum atomic E-state index is 9.10. The highest BCUT2D eigenvalue weighted by molar-refractivity contribution is 5.66. The molecule has 0 heterocycles. The van der Waals surface area contributed by atoms with Crippen LogP contribution in [0.3, 0.4) is 0 Å². The highest BCUT2D eigenvalue weighted by Crippen LogP contribution is 2.30. The van der Waals surface area contributed by atoms with Crippen molar-refractivity contribution in [2.24, 2.45) is 5.92 Å². The van der Waals surface area contributed by atoms with Crippen LogP contribution in [0.25, 0.3) is 0 Å². The molecule has 0 unspecified atom stereocenters. The average Bonchev–Trinajstić information content (AvgIpc) is 2.92. The summed E-state index contributed by atoms with van der Waals surface area (Å²) in [6.07, 6.45) is 6.66. The van der Waals surface area contributed by atoms with Gasteiger partial charge in [-0.05, 0) is 24.5 Å². The van der Waals surface area contributed by atoms with Gasteiger partial charge in [-0.2, -0.15) is 5.26 Å². The fourth-order valence-corrected chi connectivity index (χ4v) is 2.68. The van der Waals surface area contributed by atoms with Crippen molar-refractivity contribution in [3.05, 3.63) is 23.8 Å². The van der Waals surface area contributed by atoms with Gasteiger partial charge in [-0.15, -0.1) is 0 Å². The SMILES string of the molecule is COc1cccc(C#N)c1NCCC1CCCC1. The normalized spacial score (nSPS) is 15.3. The number of para-hydroxylation sites is 1. The van der Waals surface area contributed by atoms with Crippen molar-refractivity contribution in [2.75, 3.05) is 19.0 Å². The van der Waals surface area contributed by atoms with Gasteiger partial charge in [-0.3, -0.25) is 0 Å². The van der Waals surface area contributed by atoms with E-state index in [9.17, 15) is 0 Å². The predicted octanol–water partition coefficient (Wildman–Crippen LogP) is 3.56. The number of nitrogens with zero attached hydrogens (tertiary/aromatic N) is 1. The van der Waals surface area contributed by atoms with Gasteiger partial charge in [0.2, 0.25) is 0 Å². The van der Waals surface area contributed by atoms with Crippen LogP contribution in [-0.2, 0) is 0 Å². The number of ether oxygens (including phenoxy) is 1. The van der Waals surface area contributed by atoms with Crippen LogP contribution in [0.5, 0.6) is 5.75 Å². The number of hydrogen-bond acceptors (Lipinski definition) is 3. The zero-order chi connectivity index (χ0) is 12.8. The van der Waals surface area contributed by atoms with E-state index in [0.29, 0.717) is 5.56 Å². The summed E-state index contributed by atoms with van der Waals surface area (Å²) in [5.41, 5.74) is 1.49. The smallest absolute Gasteiger partial charge is 0.143 e. The quantitative estimate of drug-likeness (QED) is 0.861. The zero-order valence-corrected chi connectivity index (χ0v) is 10.9. The molecule has 0 amide bonds. The lowest BCUT2D eigenvalue weighted by molar-refractivity contribution is 0.416. The van der Waals surface area contributed by atoms with Crippen molar-refractivity contribution in [1.29, 1.82) is 5.26 Å². The van der Waals surface area contributed by atoms with Crippen LogP contribution in [0.2, 0.25) is 0 Å². The maximum absolute atomic E-state index is 9.10. The second-order valence-corrected chi connectivity index (χ2v) is 4.86. The molecule has 0 saturated heterocycles. The van der Waals surface area contributed by atoms with E-state index >= 15 is 0 Å². The lowest BCUT2D eigenvalue weighted by atomic mass is 10.0. The highest BCUT2D eigenvalue weighted by Gasteiger charge is 2.15. The minimum atomic E-state index is 0.653. The Morgan fingerprint density at radius 3 is 2.83 bits per heavy atom. The third kappa shape index (κ3) is 2.95. The molecule has 0 bridgehead atoms. The van der Waals surface area contributed by atoms with E-state index in [0.717, 1.165) is 23.9 Å². The first kappa shape index (κ1) is 12.8. The number of nitriles is 1. The van der Waals surface area contributed by atoms with Crippen LogP contribution in [-0.4, -0.2) is 13.7 Å². The molecule has 0 radical (unpaired) electrons. The Labute approximate surface area is 109 Å². The molecule has 1 fully saturated rings. The lowest BCUT2D eigenvalue weighted by Crippen LogP contribution is -2.08. The van der Waals surface area contributed by atoms with E-state index in [1.54, 1.807) is 7.11 Å². The number of nitrogens with one attached hydrogen (secondary N) is 1. The van der Waals surface area contributed by atoms with Gasteiger partial charge in [0.1, 0.15) is 11.8 Å². The summed E-state index contributed by atoms with van der Waals surface area (Å²) < 4.78 is 5.30. The number of hydrogen-bond donors (Lipinski definition) is 1. The van der Waals surface area contributed by atoms with Crippen molar-refractivity contribution < 1.29 is 4.74 Å². The van der Waals surface area contributed by atoms with Crippen molar-refractivity contribution >= 4 is 5.69 Å². The van der Waals surface area contributed by atoms with E-state index in [-0.39, 0.29) is 0 Å². The maximum Gasteiger partial charge on any atom is 0.143 e. The molecule has 1 aromatic carbocycles. The van der Waals surface area contributed by atoms with Gasteiger partial charge in [0.05, 0.1) is 18.4 Å². The van der Waals surface area contributed by atoms with Crippen LogP contribution >= 0.6 is 0 Å². The molecule has 1 aromatic rings. The van der Waals surface area contributed by atoms with Gasteiger partial charge in [-0.1, -0.05) is 31.7 Å². The molecule has 0 spiro atoms. The average molecular weight is 244 g/mol. The molecule has 0 aromatic heterocycles. The third-order valence-electron chi connectivity index (χ3n) is 3.70. The number of rotatable bonds is 5. The van der Waals surface area contributed by atoms with Crippen molar-refractivity contribution in [2.45, 2.75) is 32.1 Å². The molecule has 3 heteroatoms. The lowest BCUT2D eigenvalue weighted by Gasteiger charge is -2.14. The molecule has 1 saturated carbocycles. The summed E-state index contributed by atoms with van der Waals surface area (Å²) in [4.78, 5) is 0. The largest absolute Gasteiger partial charge is 0.495 e. The van der Waals surface area contributed by atoms with E-state index in [1.807, 2.05) is 18.2 Å². The summed E-state index contributed by atoms with van der Waals surface area (Å²) in [6, 6.07) is 7.76. The molecule has 1 aliphatic rings. The van der Waals surface area contributed by atoms with E-state index in [2.05, 4.69) is 11.4 Å². The van der Waals surface area contributed by atoms with Gasteiger partial charge < -0.3 is 10.1 Å². The topological polar surface area (TPSA) is 45.0 Å². The summed E-state index contributed by atoms with van der Waals surface area (Å²) >= 11 is 0. The fourth-order valence-electron chi connectivity index (χ4n) is 2.68. The Hall–Kier alpha value is -1.69. The minimum Gasteiger partial charge on any atom is -0.495 e. The number of anilines is 1. The Morgan fingerprint density at radius 2 is 2.17 bits per heavy atom. The molecule has 0 atom stereocenters. The number of benzene rings is 1. The summed E-state index contributed by atoms with van der Waals surface area (Å²) in [5, 5.41) is 12.5. The molecule has 2 rings (SSSR count). The molecule has 3 nitrogen and oxygen atoms in total. The second kappa shape index (κ2) is 6.30. The Morgan fingerprint density at radius 1 is 1.39 bits per heavy atom. The third-order valence-corrected chi connectivity index (χ3v) is 3.70. The van der Waals surface area contributed by atoms with E-state index in [4.69, 9.17) is 10.00 Å². The van der Waals surface area contributed by atoms with Crippen molar-refractivity contribution in [3.8, 4) is 11.8 Å². The summed E-state index contributed by atoms with van der Waals surface area (Å²) in [7, 11) is 1.64. The molecule has 96 valence electrons. The van der Waals surface area contributed by atoms with Gasteiger partial charge in [0, 0.05) is 6.54 Å². The Balaban J connectivity index is 1.97. The van der Waals surface area contributed by atoms with Crippen molar-refractivity contribution in [1.82, 2.24) is 0 Å². The van der Waals surface area contributed by atoms with E-state index in [1.165, 1.54) is 32.1 Å². The molecular weight excluding hydrogens is 224 g/mol. The predicted molar refractivity (Wildman–Crippen MR) is 72.8 cm³/mol. The van der Waals surface area contributed by atoms with Crippen LogP contribution in [0.4, 0.5) is 5.69 Å². The van der Waals surface area contributed by atoms with Crippen LogP contribution < -0.4 is 10.1 Å². The Bertz CT molecular complexity index is 431. The highest BCUT2D eigenvalue weighted by atomic mass is 16.5. The molecular formula is C15H20N2O. The molecule has 1 aliphatic carbocycles. The first-order valence-electron chi connectivity index (χ1n) is 6.66. The first-order valence-corrected chi connectivity index (χ1v) is 6.66. The zero-order valence-electron chi connectivity index (χ0n) is 10.9. The monoisotopic (exact) mass is 244 g/mol. The minimum absolute atomic E-state index is 0.653. The van der Waals surface area contributed by atoms with Crippen molar-refractivity contribution in [3.63, 3.8) is 0 Å². The molecule has 0 aliphatic heterocycles. The molecule has 1 N–H and O–H groups in total. The standard InChI is InChI=1S/C15H20N2O/c1-18-14-8-4-7-13(11-16)15(14)17-10-9-12-5-2-3-6-12/h4,7-8,12,17H,2-3,5-6,9-10H2,1H3.